The van der Waals surface area contributed by atoms with Gasteiger partial charge in [-0.3, -0.25) is 10.1 Å². The third-order valence-corrected chi connectivity index (χ3v) is 6.51. The molecule has 0 radical (unpaired) electrons. The van der Waals surface area contributed by atoms with E-state index in [0.29, 0.717) is 17.9 Å². The second-order valence-corrected chi connectivity index (χ2v) is 9.24. The lowest BCUT2D eigenvalue weighted by Gasteiger charge is -2.30. The van der Waals surface area contributed by atoms with Crippen molar-refractivity contribution in [2.45, 2.75) is 33.1 Å². The van der Waals surface area contributed by atoms with Crippen molar-refractivity contribution in [1.82, 2.24) is 10.2 Å². The van der Waals surface area contributed by atoms with Gasteiger partial charge in [-0.25, -0.2) is 9.59 Å². The Hall–Kier alpha value is -4.05. The summed E-state index contributed by atoms with van der Waals surface area (Å²) in [6.07, 6.45) is 0.833. The van der Waals surface area contributed by atoms with Gasteiger partial charge in [0.25, 0.3) is 0 Å². The molecule has 0 saturated carbocycles. The van der Waals surface area contributed by atoms with E-state index < -0.39 is 34.3 Å². The van der Waals surface area contributed by atoms with Crippen LogP contribution in [0.5, 0.6) is 0 Å². The molecule has 1 atom stereocenters. The van der Waals surface area contributed by atoms with Crippen LogP contribution in [0.1, 0.15) is 36.5 Å². The van der Waals surface area contributed by atoms with Crippen molar-refractivity contribution >= 4 is 17.6 Å². The summed E-state index contributed by atoms with van der Waals surface area (Å²) >= 11 is 0. The molecule has 1 aliphatic rings. The van der Waals surface area contributed by atoms with Gasteiger partial charge in [-0.05, 0) is 39.8 Å². The Morgan fingerprint density at radius 3 is 2.26 bits per heavy atom. The molecule has 0 aliphatic carbocycles. The number of nitro groups is 1. The van der Waals surface area contributed by atoms with Crippen LogP contribution in [0.4, 0.5) is 10.1 Å². The lowest BCUT2D eigenvalue weighted by molar-refractivity contribution is -0.387. The van der Waals surface area contributed by atoms with Crippen molar-refractivity contribution < 1.29 is 28.4 Å². The number of nitrogens with zero attached hydrogens (tertiary/aromatic N) is 2. The number of methoxy groups -OCH3 is 1. The number of ether oxygens (including phenoxy) is 2. The number of benzene rings is 2. The maximum atomic E-state index is 15.3. The topological polar surface area (TPSA) is 111 Å². The molecule has 1 unspecified atom stereocenters. The highest BCUT2D eigenvalue weighted by molar-refractivity contribution is 6.00. The van der Waals surface area contributed by atoms with Crippen molar-refractivity contribution in [2.24, 2.45) is 0 Å². The van der Waals surface area contributed by atoms with Crippen LogP contribution in [0.15, 0.2) is 65.0 Å². The first-order chi connectivity index (χ1) is 18.0. The maximum Gasteiger partial charge on any atom is 0.336 e. The number of allylic oxidation sites excluding steroid dienone is 2. The Morgan fingerprint density at radius 1 is 1.03 bits per heavy atom. The Labute approximate surface area is 221 Å². The van der Waals surface area contributed by atoms with Gasteiger partial charge in [0, 0.05) is 36.1 Å². The zero-order chi connectivity index (χ0) is 28.0. The second kappa shape index (κ2) is 12.5. The number of halogens is 1. The van der Waals surface area contributed by atoms with E-state index in [1.165, 1.54) is 30.4 Å². The normalized spacial score (nSPS) is 15.4. The highest BCUT2D eigenvalue weighted by atomic mass is 19.1. The molecule has 0 aromatic heterocycles. The Morgan fingerprint density at radius 2 is 1.66 bits per heavy atom. The van der Waals surface area contributed by atoms with Gasteiger partial charge >= 0.3 is 17.6 Å². The molecular formula is C28H32FN3O6. The van der Waals surface area contributed by atoms with Crippen LogP contribution in [-0.4, -0.2) is 55.6 Å². The van der Waals surface area contributed by atoms with Crippen LogP contribution in [0, 0.1) is 22.9 Å². The van der Waals surface area contributed by atoms with Gasteiger partial charge in [0.2, 0.25) is 5.82 Å². The Balaban J connectivity index is 1.80. The van der Waals surface area contributed by atoms with E-state index in [-0.39, 0.29) is 23.3 Å². The molecule has 202 valence electrons. The average Bonchev–Trinajstić information content (AvgIpc) is 2.87. The number of nitro benzene ring substituents is 1. The van der Waals surface area contributed by atoms with Crippen molar-refractivity contribution in [3.05, 3.63) is 97.6 Å². The molecule has 10 heteroatoms. The molecular weight excluding hydrogens is 493 g/mol. The fraction of sp³-hybridized carbons (Fsp3) is 0.357. The van der Waals surface area contributed by atoms with E-state index in [1.54, 1.807) is 13.8 Å². The predicted molar refractivity (Wildman–Crippen MR) is 140 cm³/mol. The summed E-state index contributed by atoms with van der Waals surface area (Å²) in [6.45, 7) is 6.48. The van der Waals surface area contributed by atoms with Crippen molar-refractivity contribution in [1.29, 1.82) is 0 Å². The van der Waals surface area contributed by atoms with Gasteiger partial charge in [0.15, 0.2) is 0 Å². The summed E-state index contributed by atoms with van der Waals surface area (Å²) in [6, 6.07) is 11.9. The molecule has 2 aromatic rings. The molecule has 0 fully saturated rings. The van der Waals surface area contributed by atoms with Crippen molar-refractivity contribution in [2.75, 3.05) is 33.9 Å². The smallest absolute Gasteiger partial charge is 0.336 e. The minimum Gasteiger partial charge on any atom is -0.466 e. The fourth-order valence-corrected chi connectivity index (χ4v) is 4.42. The number of carbonyl (C=O) groups excluding carboxylic acids is 2. The Kier molecular flexibility index (Phi) is 9.35. The van der Waals surface area contributed by atoms with Gasteiger partial charge in [-0.1, -0.05) is 42.0 Å². The summed E-state index contributed by atoms with van der Waals surface area (Å²) < 4.78 is 25.8. The fourth-order valence-electron chi connectivity index (χ4n) is 4.42. The summed E-state index contributed by atoms with van der Waals surface area (Å²) in [7, 11) is 3.08. The first kappa shape index (κ1) is 28.5. The first-order valence-electron chi connectivity index (χ1n) is 12.2. The van der Waals surface area contributed by atoms with Crippen LogP contribution in [-0.2, 0) is 25.5 Å². The van der Waals surface area contributed by atoms with E-state index in [4.69, 9.17) is 9.47 Å². The molecule has 0 amide bonds. The molecule has 1 aliphatic heterocycles. The zero-order valence-electron chi connectivity index (χ0n) is 22.2. The van der Waals surface area contributed by atoms with Gasteiger partial charge in [0.1, 0.15) is 6.61 Å². The third-order valence-electron chi connectivity index (χ3n) is 6.51. The van der Waals surface area contributed by atoms with E-state index in [1.807, 2.05) is 18.9 Å². The first-order valence-corrected chi connectivity index (χ1v) is 12.2. The number of likely N-dealkylation sites (N-methyl/N-ethyl adjacent to an activating group) is 1. The number of dihydropyridines is 1. The SMILES string of the molecule is COC(=O)C1=C(C)NC(C)=C(C(=O)OCCN(C)CCc2ccc(C)cc2)C1c1cccc([N+](=O)[O-])c1F. The Bertz CT molecular complexity index is 1290. The molecule has 1 N–H and O–H groups in total. The van der Waals surface area contributed by atoms with Gasteiger partial charge in [0.05, 0.1) is 29.1 Å². The van der Waals surface area contributed by atoms with E-state index in [0.717, 1.165) is 19.0 Å². The number of aryl methyl sites for hydroxylation is 1. The number of esters is 2. The largest absolute Gasteiger partial charge is 0.466 e. The van der Waals surface area contributed by atoms with Crippen molar-refractivity contribution in [3.8, 4) is 0 Å². The molecule has 0 spiro atoms. The van der Waals surface area contributed by atoms with Crippen LogP contribution in [0.3, 0.4) is 0 Å². The minimum absolute atomic E-state index is 0.0160. The number of nitrogens with one attached hydrogen (secondary N) is 1. The minimum atomic E-state index is -1.25. The summed E-state index contributed by atoms with van der Waals surface area (Å²) in [5.74, 6) is -3.94. The maximum absolute atomic E-state index is 15.3. The van der Waals surface area contributed by atoms with E-state index in [2.05, 4.69) is 29.6 Å². The quantitative estimate of drug-likeness (QED) is 0.280. The lowest BCUT2D eigenvalue weighted by atomic mass is 9.80. The summed E-state index contributed by atoms with van der Waals surface area (Å²) in [5, 5.41) is 14.3. The summed E-state index contributed by atoms with van der Waals surface area (Å²) in [5.41, 5.74) is 2.09. The number of carbonyl (C=O) groups is 2. The number of hydrogen-bond acceptors (Lipinski definition) is 8. The number of hydrogen-bond donors (Lipinski definition) is 1. The zero-order valence-corrected chi connectivity index (χ0v) is 22.2. The molecule has 9 nitrogen and oxygen atoms in total. The summed E-state index contributed by atoms with van der Waals surface area (Å²) in [4.78, 5) is 38.6. The monoisotopic (exact) mass is 525 g/mol. The molecule has 3 rings (SSSR count). The van der Waals surface area contributed by atoms with Gasteiger partial charge < -0.3 is 19.7 Å². The van der Waals surface area contributed by atoms with E-state index in [9.17, 15) is 19.7 Å². The van der Waals surface area contributed by atoms with Crippen LogP contribution in [0.2, 0.25) is 0 Å². The van der Waals surface area contributed by atoms with Crippen LogP contribution in [0.25, 0.3) is 0 Å². The van der Waals surface area contributed by atoms with Gasteiger partial charge in [-0.15, -0.1) is 0 Å². The van der Waals surface area contributed by atoms with E-state index >= 15 is 4.39 Å². The highest BCUT2D eigenvalue weighted by Gasteiger charge is 2.40. The molecule has 1 heterocycles. The molecule has 38 heavy (non-hydrogen) atoms. The highest BCUT2D eigenvalue weighted by Crippen LogP contribution is 2.41. The van der Waals surface area contributed by atoms with Crippen LogP contribution >= 0.6 is 0 Å². The molecule has 2 aromatic carbocycles. The predicted octanol–water partition coefficient (Wildman–Crippen LogP) is 4.17. The standard InChI is InChI=1S/C28H32FN3O6/c1-17-9-11-20(12-10-17)13-14-31(4)15-16-38-28(34)24-19(3)30-18(2)23(27(33)37-5)25(24)21-7-6-8-22(26(21)29)32(35)36/h6-12,25,30H,13-16H2,1-5H3. The average molecular weight is 526 g/mol. The third kappa shape index (κ3) is 6.44. The lowest BCUT2D eigenvalue weighted by Crippen LogP contribution is -2.33. The van der Waals surface area contributed by atoms with Crippen LogP contribution < -0.4 is 5.32 Å². The van der Waals surface area contributed by atoms with Gasteiger partial charge in [-0.2, -0.15) is 4.39 Å². The number of rotatable bonds is 10. The second-order valence-electron chi connectivity index (χ2n) is 9.24. The molecule has 0 bridgehead atoms. The van der Waals surface area contributed by atoms with Crippen molar-refractivity contribution in [3.63, 3.8) is 0 Å². The molecule has 0 saturated heterocycles.